The molecule has 0 aromatic heterocycles. The fourth-order valence-corrected chi connectivity index (χ4v) is 8.36. The van der Waals surface area contributed by atoms with Crippen LogP contribution in [0.5, 0.6) is 0 Å². The zero-order valence-corrected chi connectivity index (χ0v) is 27.6. The zero-order chi connectivity index (χ0) is 32.5. The lowest BCUT2D eigenvalue weighted by atomic mass is 9.70. The van der Waals surface area contributed by atoms with E-state index in [1.807, 2.05) is 0 Å². The molecule has 2 aliphatic carbocycles. The molecule has 0 N–H and O–H groups in total. The van der Waals surface area contributed by atoms with E-state index in [1.165, 1.54) is 66.9 Å². The van der Waals surface area contributed by atoms with Gasteiger partial charge in [0.2, 0.25) is 0 Å². The van der Waals surface area contributed by atoms with Gasteiger partial charge in [-0.3, -0.25) is 0 Å². The molecule has 0 radical (unpaired) electrons. The van der Waals surface area contributed by atoms with Crippen LogP contribution < -0.4 is 4.90 Å². The van der Waals surface area contributed by atoms with Gasteiger partial charge >= 0.3 is 0 Å². The number of hydrogen-bond donors (Lipinski definition) is 0. The summed E-state index contributed by atoms with van der Waals surface area (Å²) in [6.45, 7) is 6.84. The van der Waals surface area contributed by atoms with E-state index in [1.54, 1.807) is 0 Å². The van der Waals surface area contributed by atoms with Crippen molar-refractivity contribution in [3.05, 3.63) is 198 Å². The van der Waals surface area contributed by atoms with Crippen molar-refractivity contribution in [1.82, 2.24) is 0 Å². The van der Waals surface area contributed by atoms with Gasteiger partial charge in [-0.05, 0) is 79.8 Å². The number of fused-ring (bicyclic) bond motifs is 10. The molecule has 7 aromatic rings. The Morgan fingerprint density at radius 1 is 0.396 bits per heavy atom. The van der Waals surface area contributed by atoms with Crippen molar-refractivity contribution in [3.63, 3.8) is 0 Å². The van der Waals surface area contributed by atoms with Crippen LogP contribution in [0.3, 0.4) is 0 Å². The molecule has 1 spiro atoms. The first kappa shape index (κ1) is 28.6. The normalized spacial score (nSPS) is 13.5. The maximum Gasteiger partial charge on any atom is 0.0726 e. The summed E-state index contributed by atoms with van der Waals surface area (Å²) >= 11 is 0. The molecule has 2 aliphatic rings. The highest BCUT2D eigenvalue weighted by atomic mass is 15.1. The Bertz CT molecular complexity index is 2280. The highest BCUT2D eigenvalue weighted by Gasteiger charge is 2.52. The molecular weight excluding hydrogens is 579 g/mol. The highest BCUT2D eigenvalue weighted by Crippen LogP contribution is 2.64. The number of rotatable bonds is 4. The van der Waals surface area contributed by atoms with E-state index < -0.39 is 5.41 Å². The van der Waals surface area contributed by atoms with Crippen molar-refractivity contribution < 1.29 is 0 Å². The average Bonchev–Trinajstić information content (AvgIpc) is 3.60. The summed E-state index contributed by atoms with van der Waals surface area (Å²) in [7, 11) is 0. The van der Waals surface area contributed by atoms with Crippen LogP contribution in [-0.2, 0) is 10.8 Å². The van der Waals surface area contributed by atoms with Crippen LogP contribution >= 0.6 is 0 Å². The third kappa shape index (κ3) is 4.04. The summed E-state index contributed by atoms with van der Waals surface area (Å²) in [4.78, 5) is 2.50. The van der Waals surface area contributed by atoms with Gasteiger partial charge in [-0.2, -0.15) is 0 Å². The summed E-state index contributed by atoms with van der Waals surface area (Å²) in [5.41, 5.74) is 17.5. The summed E-state index contributed by atoms with van der Waals surface area (Å²) in [6.07, 6.45) is 0. The third-order valence-corrected chi connectivity index (χ3v) is 10.5. The molecular formula is C47H37N. The van der Waals surface area contributed by atoms with Crippen molar-refractivity contribution >= 4 is 17.1 Å². The number of anilines is 3. The SMILES string of the molecule is CC(C)(C)c1ccc(N(c2ccccc2-c2ccccc2)c2cccc3c2-c2ccccc2C32c3ccccc3-c3ccccc32)cc1. The van der Waals surface area contributed by atoms with Crippen molar-refractivity contribution in [2.75, 3.05) is 4.90 Å². The molecule has 48 heavy (non-hydrogen) atoms. The van der Waals surface area contributed by atoms with E-state index in [0.717, 1.165) is 11.4 Å². The Hall–Kier alpha value is -5.66. The third-order valence-electron chi connectivity index (χ3n) is 10.5. The number of para-hydroxylation sites is 1. The molecule has 0 fully saturated rings. The van der Waals surface area contributed by atoms with Gasteiger partial charge in [-0.25, -0.2) is 0 Å². The van der Waals surface area contributed by atoms with Gasteiger partial charge < -0.3 is 4.90 Å². The summed E-state index contributed by atoms with van der Waals surface area (Å²) in [6, 6.07) is 63.0. The van der Waals surface area contributed by atoms with E-state index in [9.17, 15) is 0 Å². The molecule has 0 unspecified atom stereocenters. The zero-order valence-electron chi connectivity index (χ0n) is 27.6. The lowest BCUT2D eigenvalue weighted by Gasteiger charge is -2.32. The Balaban J connectivity index is 1.37. The molecule has 0 amide bonds. The van der Waals surface area contributed by atoms with Crippen molar-refractivity contribution in [1.29, 1.82) is 0 Å². The van der Waals surface area contributed by atoms with Crippen molar-refractivity contribution in [2.24, 2.45) is 0 Å². The van der Waals surface area contributed by atoms with E-state index in [-0.39, 0.29) is 5.41 Å². The lowest BCUT2D eigenvalue weighted by molar-refractivity contribution is 0.590. The predicted molar refractivity (Wildman–Crippen MR) is 202 cm³/mol. The highest BCUT2D eigenvalue weighted by molar-refractivity contribution is 6.02. The quantitative estimate of drug-likeness (QED) is 0.190. The number of benzene rings is 7. The minimum absolute atomic E-state index is 0.0634. The molecule has 9 rings (SSSR count). The van der Waals surface area contributed by atoms with Gasteiger partial charge in [-0.1, -0.05) is 166 Å². The van der Waals surface area contributed by atoms with E-state index >= 15 is 0 Å². The summed E-state index contributed by atoms with van der Waals surface area (Å²) in [5.74, 6) is 0. The molecule has 0 aliphatic heterocycles. The van der Waals surface area contributed by atoms with Crippen molar-refractivity contribution in [3.8, 4) is 33.4 Å². The molecule has 7 aromatic carbocycles. The van der Waals surface area contributed by atoms with E-state index in [4.69, 9.17) is 0 Å². The molecule has 230 valence electrons. The Morgan fingerprint density at radius 2 is 0.875 bits per heavy atom. The second kappa shape index (κ2) is 10.7. The maximum atomic E-state index is 2.50. The molecule has 0 saturated heterocycles. The first-order valence-electron chi connectivity index (χ1n) is 17.0. The van der Waals surface area contributed by atoms with Crippen LogP contribution in [0.4, 0.5) is 17.1 Å². The monoisotopic (exact) mass is 615 g/mol. The minimum atomic E-state index is -0.393. The van der Waals surface area contributed by atoms with E-state index in [2.05, 4.69) is 196 Å². The van der Waals surface area contributed by atoms with Gasteiger partial charge in [0.1, 0.15) is 0 Å². The van der Waals surface area contributed by atoms with Crippen molar-refractivity contribution in [2.45, 2.75) is 31.6 Å². The average molecular weight is 616 g/mol. The maximum absolute atomic E-state index is 2.50. The minimum Gasteiger partial charge on any atom is -0.309 e. The molecule has 0 atom stereocenters. The molecule has 0 bridgehead atoms. The van der Waals surface area contributed by atoms with Gasteiger partial charge in [0.05, 0.1) is 16.8 Å². The Morgan fingerprint density at radius 3 is 1.50 bits per heavy atom. The van der Waals surface area contributed by atoms with Crippen LogP contribution in [0.25, 0.3) is 33.4 Å². The van der Waals surface area contributed by atoms with Gasteiger partial charge in [0.25, 0.3) is 0 Å². The number of nitrogens with zero attached hydrogens (tertiary/aromatic N) is 1. The molecule has 0 heterocycles. The van der Waals surface area contributed by atoms with Crippen LogP contribution in [0.1, 0.15) is 48.6 Å². The Labute approximate surface area is 283 Å². The van der Waals surface area contributed by atoms with Gasteiger partial charge in [-0.15, -0.1) is 0 Å². The first-order chi connectivity index (χ1) is 23.5. The first-order valence-corrected chi connectivity index (χ1v) is 17.0. The molecule has 1 nitrogen and oxygen atoms in total. The standard InChI is InChI=1S/C47H37N/c1-46(2,3)33-28-30-34(31-29-33)48(43-26-14-10-18-35(43)32-16-5-4-6-17-32)44-27-15-25-42-45(44)38-21-9-13-24-41(38)47(42)39-22-11-7-19-36(39)37-20-8-12-23-40(37)47/h4-31H,1-3H3. The second-order valence-corrected chi connectivity index (χ2v) is 14.1. The smallest absolute Gasteiger partial charge is 0.0726 e. The second-order valence-electron chi connectivity index (χ2n) is 14.1. The molecule has 1 heteroatoms. The van der Waals surface area contributed by atoms with Crippen LogP contribution in [0, 0.1) is 0 Å². The summed E-state index contributed by atoms with van der Waals surface area (Å²) in [5, 5.41) is 0. The largest absolute Gasteiger partial charge is 0.309 e. The lowest BCUT2D eigenvalue weighted by Crippen LogP contribution is -2.26. The van der Waals surface area contributed by atoms with Crippen LogP contribution in [-0.4, -0.2) is 0 Å². The van der Waals surface area contributed by atoms with E-state index in [0.29, 0.717) is 0 Å². The number of hydrogen-bond acceptors (Lipinski definition) is 1. The van der Waals surface area contributed by atoms with Crippen LogP contribution in [0.2, 0.25) is 0 Å². The van der Waals surface area contributed by atoms with Gasteiger partial charge in [0, 0.05) is 16.8 Å². The predicted octanol–water partition coefficient (Wildman–Crippen LogP) is 12.5. The van der Waals surface area contributed by atoms with Crippen LogP contribution in [0.15, 0.2) is 170 Å². The fourth-order valence-electron chi connectivity index (χ4n) is 8.36. The molecule has 0 saturated carbocycles. The fraction of sp³-hybridized carbons (Fsp3) is 0.106. The summed E-state index contributed by atoms with van der Waals surface area (Å²) < 4.78 is 0. The Kier molecular flexibility index (Phi) is 6.36. The topological polar surface area (TPSA) is 3.24 Å². The van der Waals surface area contributed by atoms with Gasteiger partial charge in [0.15, 0.2) is 0 Å².